The van der Waals surface area contributed by atoms with Crippen LogP contribution in [0.1, 0.15) is 33.6 Å². The number of thioether (sulfide) groups is 1. The van der Waals surface area contributed by atoms with Gasteiger partial charge in [0.2, 0.25) is 0 Å². The fourth-order valence-corrected chi connectivity index (χ4v) is 3.04. The molecule has 18 heavy (non-hydrogen) atoms. The number of hydrogen-bond donors (Lipinski definition) is 0. The Balaban J connectivity index is 2.27. The summed E-state index contributed by atoms with van der Waals surface area (Å²) in [6.45, 7) is 6.30. The van der Waals surface area contributed by atoms with Gasteiger partial charge in [-0.25, -0.2) is 0 Å². The molecule has 0 radical (unpaired) electrons. The number of esters is 1. The molecular weight excluding hydrogens is 248 g/mol. The van der Waals surface area contributed by atoms with Crippen LogP contribution in [0.3, 0.4) is 0 Å². The molecule has 2 atom stereocenters. The zero-order chi connectivity index (χ0) is 13.5. The number of rotatable bonds is 6. The molecule has 0 aromatic carbocycles. The van der Waals surface area contributed by atoms with Crippen LogP contribution in [0, 0.1) is 11.8 Å². The van der Waals surface area contributed by atoms with Gasteiger partial charge in [-0.2, -0.15) is 0 Å². The van der Waals surface area contributed by atoms with Gasteiger partial charge in [0, 0.05) is 6.42 Å². The minimum Gasteiger partial charge on any atom is -0.465 e. The summed E-state index contributed by atoms with van der Waals surface area (Å²) < 4.78 is 4.88. The number of ketones is 1. The quantitative estimate of drug-likeness (QED) is 0.696. The summed E-state index contributed by atoms with van der Waals surface area (Å²) in [4.78, 5) is 22.8. The third-order valence-corrected chi connectivity index (χ3v) is 4.53. The van der Waals surface area contributed by atoms with E-state index < -0.39 is 0 Å². The van der Waals surface area contributed by atoms with Gasteiger partial charge in [-0.15, -0.1) is 11.8 Å². The summed E-state index contributed by atoms with van der Waals surface area (Å²) in [5.41, 5.74) is 0.901. The maximum absolute atomic E-state index is 11.6. The Morgan fingerprint density at radius 3 is 2.94 bits per heavy atom. The molecule has 0 N–H and O–H groups in total. The van der Waals surface area contributed by atoms with Gasteiger partial charge in [0.25, 0.3) is 0 Å². The van der Waals surface area contributed by atoms with Crippen molar-refractivity contribution in [1.29, 1.82) is 0 Å². The summed E-state index contributed by atoms with van der Waals surface area (Å²) in [5, 5.41) is 0. The van der Waals surface area contributed by atoms with Crippen molar-refractivity contribution in [2.24, 2.45) is 11.8 Å². The highest BCUT2D eigenvalue weighted by molar-refractivity contribution is 7.99. The number of carbonyl (C=O) groups excluding carboxylic acids is 2. The van der Waals surface area contributed by atoms with E-state index in [1.54, 1.807) is 11.8 Å². The van der Waals surface area contributed by atoms with Crippen molar-refractivity contribution < 1.29 is 14.3 Å². The molecule has 0 aliphatic heterocycles. The molecule has 0 aromatic rings. The first-order valence-corrected chi connectivity index (χ1v) is 7.63. The minimum atomic E-state index is -0.148. The van der Waals surface area contributed by atoms with Gasteiger partial charge in [-0.1, -0.05) is 13.0 Å². The number of allylic oxidation sites excluding steroid dienone is 2. The summed E-state index contributed by atoms with van der Waals surface area (Å²) >= 11 is 1.60. The molecule has 4 heteroatoms. The summed E-state index contributed by atoms with van der Waals surface area (Å²) in [5.74, 6) is 2.32. The van der Waals surface area contributed by atoms with Crippen LogP contribution < -0.4 is 0 Å². The third kappa shape index (κ3) is 4.84. The number of Topliss-reactive ketones (excluding diaryl/α,β-unsaturated/α-hetero) is 1. The molecule has 0 fully saturated rings. The molecule has 2 unspecified atom stereocenters. The maximum atomic E-state index is 11.6. The maximum Gasteiger partial charge on any atom is 0.315 e. The Bertz CT molecular complexity index is 336. The Labute approximate surface area is 113 Å². The van der Waals surface area contributed by atoms with E-state index in [4.69, 9.17) is 4.74 Å². The highest BCUT2D eigenvalue weighted by atomic mass is 32.2. The fourth-order valence-electron chi connectivity index (χ4n) is 2.02. The summed E-state index contributed by atoms with van der Waals surface area (Å²) in [6.07, 6.45) is 3.69. The van der Waals surface area contributed by atoms with E-state index in [2.05, 4.69) is 6.92 Å². The van der Waals surface area contributed by atoms with Crippen LogP contribution in [0.4, 0.5) is 0 Å². The lowest BCUT2D eigenvalue weighted by atomic mass is 9.82. The van der Waals surface area contributed by atoms with Gasteiger partial charge in [0.15, 0.2) is 5.78 Å². The van der Waals surface area contributed by atoms with Crippen molar-refractivity contribution in [2.75, 3.05) is 18.1 Å². The first-order chi connectivity index (χ1) is 8.54. The first-order valence-electron chi connectivity index (χ1n) is 6.47. The molecule has 0 heterocycles. The summed E-state index contributed by atoms with van der Waals surface area (Å²) in [6, 6.07) is 0. The normalized spacial score (nSPS) is 21.4. The van der Waals surface area contributed by atoms with Gasteiger partial charge in [-0.3, -0.25) is 9.59 Å². The van der Waals surface area contributed by atoms with E-state index in [0.717, 1.165) is 17.7 Å². The largest absolute Gasteiger partial charge is 0.465 e. The van der Waals surface area contributed by atoms with Gasteiger partial charge in [0.05, 0.1) is 12.4 Å². The van der Waals surface area contributed by atoms with E-state index in [-0.39, 0.29) is 11.8 Å². The fraction of sp³-hybridized carbons (Fsp3) is 0.714. The predicted molar refractivity (Wildman–Crippen MR) is 74.6 cm³/mol. The second-order valence-electron chi connectivity index (χ2n) is 4.81. The van der Waals surface area contributed by atoms with Crippen LogP contribution in [-0.2, 0) is 14.3 Å². The lowest BCUT2D eigenvalue weighted by molar-refractivity contribution is -0.139. The Morgan fingerprint density at radius 2 is 2.33 bits per heavy atom. The Morgan fingerprint density at radius 1 is 1.61 bits per heavy atom. The molecule has 0 bridgehead atoms. The van der Waals surface area contributed by atoms with Crippen molar-refractivity contribution >= 4 is 23.5 Å². The van der Waals surface area contributed by atoms with Crippen molar-refractivity contribution in [3.63, 3.8) is 0 Å². The molecular formula is C14H22O3S. The second-order valence-corrected chi connectivity index (χ2v) is 5.84. The molecule has 0 amide bonds. The smallest absolute Gasteiger partial charge is 0.315 e. The third-order valence-electron chi connectivity index (χ3n) is 3.32. The average molecular weight is 270 g/mol. The number of ether oxygens (including phenoxy) is 1. The molecule has 1 aliphatic carbocycles. The van der Waals surface area contributed by atoms with Crippen molar-refractivity contribution in [2.45, 2.75) is 33.6 Å². The highest BCUT2D eigenvalue weighted by Gasteiger charge is 2.24. The van der Waals surface area contributed by atoms with Crippen molar-refractivity contribution in [3.05, 3.63) is 11.6 Å². The predicted octanol–water partition coefficient (Wildman–Crippen LogP) is 2.84. The molecule has 102 valence electrons. The van der Waals surface area contributed by atoms with Gasteiger partial charge in [0.1, 0.15) is 0 Å². The van der Waals surface area contributed by atoms with Crippen molar-refractivity contribution in [3.8, 4) is 0 Å². The van der Waals surface area contributed by atoms with E-state index in [1.165, 1.54) is 0 Å². The van der Waals surface area contributed by atoms with Crippen LogP contribution >= 0.6 is 11.8 Å². The van der Waals surface area contributed by atoms with Crippen LogP contribution in [-0.4, -0.2) is 29.9 Å². The zero-order valence-corrected chi connectivity index (χ0v) is 12.2. The lowest BCUT2D eigenvalue weighted by Crippen LogP contribution is -2.22. The minimum absolute atomic E-state index is 0.148. The lowest BCUT2D eigenvalue weighted by Gasteiger charge is -2.25. The zero-order valence-electron chi connectivity index (χ0n) is 11.4. The molecule has 3 nitrogen and oxygen atoms in total. The van der Waals surface area contributed by atoms with Gasteiger partial charge >= 0.3 is 5.97 Å². The summed E-state index contributed by atoms with van der Waals surface area (Å²) in [7, 11) is 0. The second kappa shape index (κ2) is 7.62. The molecule has 1 rings (SSSR count). The van der Waals surface area contributed by atoms with Crippen LogP contribution in [0.2, 0.25) is 0 Å². The Kier molecular flexibility index (Phi) is 6.47. The number of carbonyl (C=O) groups is 2. The molecule has 0 aromatic heterocycles. The molecule has 0 spiro atoms. The van der Waals surface area contributed by atoms with E-state index in [0.29, 0.717) is 30.6 Å². The topological polar surface area (TPSA) is 43.4 Å². The standard InChI is InChI=1S/C14H22O3S/c1-4-17-14(16)9-18-8-11(3)12-6-5-10(2)13(15)7-12/h5,11-12H,4,6-9H2,1-3H3. The van der Waals surface area contributed by atoms with E-state index >= 15 is 0 Å². The van der Waals surface area contributed by atoms with E-state index in [1.807, 2.05) is 19.9 Å². The number of hydrogen-bond acceptors (Lipinski definition) is 4. The van der Waals surface area contributed by atoms with Crippen molar-refractivity contribution in [1.82, 2.24) is 0 Å². The first kappa shape index (κ1) is 15.3. The Hall–Kier alpha value is -0.770. The van der Waals surface area contributed by atoms with E-state index in [9.17, 15) is 9.59 Å². The van der Waals surface area contributed by atoms with Gasteiger partial charge < -0.3 is 4.74 Å². The molecule has 0 saturated heterocycles. The van der Waals surface area contributed by atoms with Crippen LogP contribution in [0.5, 0.6) is 0 Å². The van der Waals surface area contributed by atoms with Crippen LogP contribution in [0.25, 0.3) is 0 Å². The van der Waals surface area contributed by atoms with Gasteiger partial charge in [-0.05, 0) is 43.4 Å². The molecule has 1 aliphatic rings. The van der Waals surface area contributed by atoms with Crippen LogP contribution in [0.15, 0.2) is 11.6 Å². The highest BCUT2D eigenvalue weighted by Crippen LogP contribution is 2.29. The average Bonchev–Trinajstić information content (AvgIpc) is 2.33. The molecule has 0 saturated carbocycles. The SMILES string of the molecule is CCOC(=O)CSCC(C)C1CC=C(C)C(=O)C1. The monoisotopic (exact) mass is 270 g/mol.